The van der Waals surface area contributed by atoms with Gasteiger partial charge in [0.05, 0.1) is 5.56 Å². The fourth-order valence-corrected chi connectivity index (χ4v) is 1.58. The Morgan fingerprint density at radius 1 is 1.21 bits per heavy atom. The van der Waals surface area contributed by atoms with Crippen LogP contribution in [0.5, 0.6) is 0 Å². The molecule has 0 unspecified atom stereocenters. The summed E-state index contributed by atoms with van der Waals surface area (Å²) in [5.74, 6) is -4.19. The first-order chi connectivity index (χ1) is 9.02. The highest BCUT2D eigenvalue weighted by Gasteiger charge is 2.13. The van der Waals surface area contributed by atoms with Crippen LogP contribution in [0.25, 0.3) is 0 Å². The van der Waals surface area contributed by atoms with Crippen molar-refractivity contribution in [3.05, 3.63) is 52.4 Å². The summed E-state index contributed by atoms with van der Waals surface area (Å²) in [6.07, 6.45) is 1.31. The average molecular weight is 284 g/mol. The van der Waals surface area contributed by atoms with Crippen molar-refractivity contribution in [1.82, 2.24) is 4.98 Å². The van der Waals surface area contributed by atoms with Crippen LogP contribution in [-0.2, 0) is 0 Å². The van der Waals surface area contributed by atoms with Crippen LogP contribution in [0.3, 0.4) is 0 Å². The maximum Gasteiger partial charge on any atom is 0.194 e. The number of benzene rings is 1. The molecule has 0 radical (unpaired) electrons. The van der Waals surface area contributed by atoms with Crippen molar-refractivity contribution in [3.8, 4) is 6.07 Å². The lowest BCUT2D eigenvalue weighted by atomic mass is 10.2. The van der Waals surface area contributed by atoms with Gasteiger partial charge < -0.3 is 5.32 Å². The van der Waals surface area contributed by atoms with E-state index in [9.17, 15) is 13.2 Å². The van der Waals surface area contributed by atoms with Crippen molar-refractivity contribution in [3.63, 3.8) is 0 Å². The second-order valence-corrected chi connectivity index (χ2v) is 3.89. The van der Waals surface area contributed by atoms with E-state index >= 15 is 0 Å². The molecule has 7 heteroatoms. The van der Waals surface area contributed by atoms with Crippen LogP contribution in [0.15, 0.2) is 24.4 Å². The Hall–Kier alpha value is -2.26. The maximum atomic E-state index is 13.0. The van der Waals surface area contributed by atoms with Crippen LogP contribution in [0.2, 0.25) is 5.02 Å². The predicted octanol–water partition coefficient (Wildman–Crippen LogP) is 3.77. The van der Waals surface area contributed by atoms with Gasteiger partial charge in [0, 0.05) is 24.0 Å². The number of hydrogen-bond donors (Lipinski definition) is 1. The average Bonchev–Trinajstić information content (AvgIpc) is 2.38. The quantitative estimate of drug-likeness (QED) is 0.854. The topological polar surface area (TPSA) is 48.7 Å². The highest BCUT2D eigenvalue weighted by atomic mass is 35.5. The van der Waals surface area contributed by atoms with Crippen molar-refractivity contribution >= 4 is 23.1 Å². The first-order valence-corrected chi connectivity index (χ1v) is 5.37. The molecule has 96 valence electrons. The van der Waals surface area contributed by atoms with E-state index in [0.717, 1.165) is 12.1 Å². The number of aromatic nitrogens is 1. The van der Waals surface area contributed by atoms with Gasteiger partial charge in [-0.15, -0.1) is 0 Å². The van der Waals surface area contributed by atoms with Crippen LogP contribution in [0, 0.1) is 28.8 Å². The molecule has 0 atom stereocenters. The van der Waals surface area contributed by atoms with Gasteiger partial charge in [-0.3, -0.25) is 0 Å². The summed E-state index contributed by atoms with van der Waals surface area (Å²) in [6.45, 7) is 0. The molecule has 1 N–H and O–H groups in total. The molecule has 0 saturated carbocycles. The summed E-state index contributed by atoms with van der Waals surface area (Å²) in [4.78, 5) is 3.83. The van der Waals surface area contributed by atoms with E-state index in [1.165, 1.54) is 12.3 Å². The lowest BCUT2D eigenvalue weighted by Gasteiger charge is -2.08. The second kappa shape index (κ2) is 5.16. The zero-order valence-corrected chi connectivity index (χ0v) is 9.97. The molecule has 2 aromatic rings. The molecular weight excluding hydrogens is 279 g/mol. The molecule has 0 bridgehead atoms. The smallest absolute Gasteiger partial charge is 0.194 e. The van der Waals surface area contributed by atoms with Crippen molar-refractivity contribution < 1.29 is 13.2 Å². The SMILES string of the molecule is N#Cc1ccnc(Nc2cc(F)c(F)c(F)c2)c1Cl. The van der Waals surface area contributed by atoms with Crippen molar-refractivity contribution in [2.45, 2.75) is 0 Å². The first kappa shape index (κ1) is 13.2. The number of nitrogens with zero attached hydrogens (tertiary/aromatic N) is 2. The van der Waals surface area contributed by atoms with Gasteiger partial charge in [0.2, 0.25) is 0 Å². The van der Waals surface area contributed by atoms with Crippen LogP contribution in [-0.4, -0.2) is 4.98 Å². The predicted molar refractivity (Wildman–Crippen MR) is 63.6 cm³/mol. The fraction of sp³-hybridized carbons (Fsp3) is 0. The Bertz CT molecular complexity index is 659. The first-order valence-electron chi connectivity index (χ1n) is 4.99. The van der Waals surface area contributed by atoms with E-state index in [-0.39, 0.29) is 22.1 Å². The van der Waals surface area contributed by atoms with Gasteiger partial charge >= 0.3 is 0 Å². The third-order valence-electron chi connectivity index (χ3n) is 2.26. The normalized spacial score (nSPS) is 10.1. The summed E-state index contributed by atoms with van der Waals surface area (Å²) in [7, 11) is 0. The molecule has 0 spiro atoms. The van der Waals surface area contributed by atoms with Crippen molar-refractivity contribution in [1.29, 1.82) is 5.26 Å². The molecule has 0 amide bonds. The summed E-state index contributed by atoms with van der Waals surface area (Å²) in [6, 6.07) is 4.74. The lowest BCUT2D eigenvalue weighted by Crippen LogP contribution is -1.99. The van der Waals surface area contributed by atoms with Crippen LogP contribution >= 0.6 is 11.6 Å². The summed E-state index contributed by atoms with van der Waals surface area (Å²) >= 11 is 5.86. The Kier molecular flexibility index (Phi) is 3.58. The number of nitriles is 1. The zero-order chi connectivity index (χ0) is 14.0. The molecule has 0 aliphatic carbocycles. The van der Waals surface area contributed by atoms with E-state index in [4.69, 9.17) is 16.9 Å². The van der Waals surface area contributed by atoms with E-state index in [1.807, 2.05) is 6.07 Å². The van der Waals surface area contributed by atoms with Gasteiger partial charge in [-0.2, -0.15) is 5.26 Å². The highest BCUT2D eigenvalue weighted by Crippen LogP contribution is 2.27. The fourth-order valence-electron chi connectivity index (χ4n) is 1.38. The van der Waals surface area contributed by atoms with Crippen molar-refractivity contribution in [2.75, 3.05) is 5.32 Å². The Labute approximate surface area is 111 Å². The van der Waals surface area contributed by atoms with Gasteiger partial charge in [0.15, 0.2) is 23.3 Å². The number of halogens is 4. The van der Waals surface area contributed by atoms with E-state index in [2.05, 4.69) is 10.3 Å². The monoisotopic (exact) mass is 283 g/mol. The number of anilines is 2. The molecule has 0 fully saturated rings. The van der Waals surface area contributed by atoms with Crippen molar-refractivity contribution in [2.24, 2.45) is 0 Å². The van der Waals surface area contributed by atoms with E-state index < -0.39 is 17.5 Å². The molecule has 1 aromatic heterocycles. The summed E-state index contributed by atoms with van der Waals surface area (Å²) in [5, 5.41) is 11.3. The minimum atomic E-state index is -1.56. The summed E-state index contributed by atoms with van der Waals surface area (Å²) < 4.78 is 38.8. The van der Waals surface area contributed by atoms with Gasteiger partial charge in [-0.25, -0.2) is 18.2 Å². The number of pyridine rings is 1. The molecule has 0 aliphatic rings. The molecule has 3 nitrogen and oxygen atoms in total. The molecule has 1 heterocycles. The Morgan fingerprint density at radius 2 is 1.84 bits per heavy atom. The largest absolute Gasteiger partial charge is 0.339 e. The molecule has 19 heavy (non-hydrogen) atoms. The number of rotatable bonds is 2. The van der Waals surface area contributed by atoms with E-state index in [1.54, 1.807) is 0 Å². The Balaban J connectivity index is 2.40. The zero-order valence-electron chi connectivity index (χ0n) is 9.22. The third kappa shape index (κ3) is 2.61. The van der Waals surface area contributed by atoms with Gasteiger partial charge in [0.25, 0.3) is 0 Å². The van der Waals surface area contributed by atoms with Crippen LogP contribution in [0.4, 0.5) is 24.7 Å². The highest BCUT2D eigenvalue weighted by molar-refractivity contribution is 6.34. The Morgan fingerprint density at radius 3 is 2.42 bits per heavy atom. The van der Waals surface area contributed by atoms with Crippen LogP contribution in [0.1, 0.15) is 5.56 Å². The van der Waals surface area contributed by atoms with Crippen LogP contribution < -0.4 is 5.32 Å². The molecule has 2 rings (SSSR count). The minimum Gasteiger partial charge on any atom is -0.339 e. The summed E-state index contributed by atoms with van der Waals surface area (Å²) in [5.41, 5.74) is 0.0862. The molecular formula is C12H5ClF3N3. The molecule has 1 aromatic carbocycles. The van der Waals surface area contributed by atoms with Gasteiger partial charge in [-0.1, -0.05) is 11.6 Å². The third-order valence-corrected chi connectivity index (χ3v) is 2.64. The minimum absolute atomic E-state index is 0.00939. The lowest BCUT2D eigenvalue weighted by molar-refractivity contribution is 0.448. The van der Waals surface area contributed by atoms with Gasteiger partial charge in [0.1, 0.15) is 11.1 Å². The van der Waals surface area contributed by atoms with Gasteiger partial charge in [-0.05, 0) is 6.07 Å². The van der Waals surface area contributed by atoms with E-state index in [0.29, 0.717) is 0 Å². The second-order valence-electron chi connectivity index (χ2n) is 3.51. The number of nitrogens with one attached hydrogen (secondary N) is 1. The molecule has 0 saturated heterocycles. The maximum absolute atomic E-state index is 13.0. The number of hydrogen-bond acceptors (Lipinski definition) is 3. The molecule has 0 aliphatic heterocycles. The standard InChI is InChI=1S/C12H5ClF3N3/c13-10-6(5-17)1-2-18-12(10)19-7-3-8(14)11(16)9(15)4-7/h1-4H,(H,18,19).